The number of rotatable bonds is 3. The van der Waals surface area contributed by atoms with Crippen LogP contribution >= 0.6 is 0 Å². The van der Waals surface area contributed by atoms with Crippen molar-refractivity contribution in [1.82, 2.24) is 30.0 Å². The predicted octanol–water partition coefficient (Wildman–Crippen LogP) is -0.0914. The standard InChI is InChI=1S/C10H20N6/c1-4-15-5-7-16(8-6-15)9(2)10-11-12-13-14(10)3/h9H,4-8H2,1-3H3. The van der Waals surface area contributed by atoms with E-state index in [4.69, 9.17) is 0 Å². The van der Waals surface area contributed by atoms with E-state index in [1.54, 1.807) is 4.68 Å². The molecule has 0 aromatic carbocycles. The highest BCUT2D eigenvalue weighted by atomic mass is 15.5. The summed E-state index contributed by atoms with van der Waals surface area (Å²) in [6, 6.07) is 0.305. The van der Waals surface area contributed by atoms with Crippen LogP contribution in [0.1, 0.15) is 25.7 Å². The van der Waals surface area contributed by atoms with Crippen molar-refractivity contribution >= 4 is 0 Å². The second-order valence-corrected chi connectivity index (χ2v) is 4.31. The van der Waals surface area contributed by atoms with Gasteiger partial charge in [-0.2, -0.15) is 0 Å². The van der Waals surface area contributed by atoms with Gasteiger partial charge in [-0.25, -0.2) is 4.68 Å². The molecule has 0 bridgehead atoms. The van der Waals surface area contributed by atoms with E-state index in [0.717, 1.165) is 38.5 Å². The average Bonchev–Trinajstić information content (AvgIpc) is 2.75. The first-order chi connectivity index (χ1) is 7.72. The second kappa shape index (κ2) is 4.88. The first-order valence-corrected chi connectivity index (χ1v) is 5.91. The van der Waals surface area contributed by atoms with Crippen molar-refractivity contribution in [2.75, 3.05) is 32.7 Å². The first kappa shape index (κ1) is 11.5. The Labute approximate surface area is 96.2 Å². The minimum absolute atomic E-state index is 0.305. The fourth-order valence-corrected chi connectivity index (χ4v) is 2.22. The highest BCUT2D eigenvalue weighted by Crippen LogP contribution is 2.18. The molecule has 1 aliphatic heterocycles. The summed E-state index contributed by atoms with van der Waals surface area (Å²) in [5, 5.41) is 11.7. The van der Waals surface area contributed by atoms with E-state index in [2.05, 4.69) is 39.2 Å². The van der Waals surface area contributed by atoms with Gasteiger partial charge in [0, 0.05) is 33.2 Å². The molecule has 1 aliphatic rings. The molecule has 0 amide bonds. The molecule has 0 saturated carbocycles. The Bertz CT molecular complexity index is 328. The van der Waals surface area contributed by atoms with Gasteiger partial charge < -0.3 is 4.90 Å². The lowest BCUT2D eigenvalue weighted by atomic mass is 10.2. The molecule has 6 heteroatoms. The topological polar surface area (TPSA) is 50.1 Å². The molecule has 0 radical (unpaired) electrons. The van der Waals surface area contributed by atoms with Crippen molar-refractivity contribution in [3.8, 4) is 0 Å². The van der Waals surface area contributed by atoms with E-state index < -0.39 is 0 Å². The molecule has 6 nitrogen and oxygen atoms in total. The van der Waals surface area contributed by atoms with Crippen LogP contribution in [0.25, 0.3) is 0 Å². The summed E-state index contributed by atoms with van der Waals surface area (Å²) in [6.07, 6.45) is 0. The molecule has 0 aliphatic carbocycles. The molecule has 1 aromatic heterocycles. The fraction of sp³-hybridized carbons (Fsp3) is 0.900. The van der Waals surface area contributed by atoms with Crippen molar-refractivity contribution in [3.63, 3.8) is 0 Å². The Morgan fingerprint density at radius 2 is 1.94 bits per heavy atom. The quantitative estimate of drug-likeness (QED) is 0.718. The highest BCUT2D eigenvalue weighted by molar-refractivity contribution is 4.91. The molecule has 16 heavy (non-hydrogen) atoms. The van der Waals surface area contributed by atoms with Gasteiger partial charge in [-0.15, -0.1) is 5.10 Å². The Morgan fingerprint density at radius 3 is 2.44 bits per heavy atom. The highest BCUT2D eigenvalue weighted by Gasteiger charge is 2.24. The summed E-state index contributed by atoms with van der Waals surface area (Å²) < 4.78 is 1.76. The number of aryl methyl sites for hydroxylation is 1. The summed E-state index contributed by atoms with van der Waals surface area (Å²) in [6.45, 7) is 10.0. The lowest BCUT2D eigenvalue weighted by molar-refractivity contribution is 0.101. The third kappa shape index (κ3) is 2.22. The lowest BCUT2D eigenvalue weighted by Crippen LogP contribution is -2.47. The molecular formula is C10H20N6. The second-order valence-electron chi connectivity index (χ2n) is 4.31. The number of likely N-dealkylation sites (N-methyl/N-ethyl adjacent to an activating group) is 1. The van der Waals surface area contributed by atoms with Gasteiger partial charge in [0.05, 0.1) is 6.04 Å². The van der Waals surface area contributed by atoms with Gasteiger partial charge >= 0.3 is 0 Å². The molecule has 1 unspecified atom stereocenters. The molecule has 90 valence electrons. The van der Waals surface area contributed by atoms with Crippen molar-refractivity contribution in [2.45, 2.75) is 19.9 Å². The summed E-state index contributed by atoms with van der Waals surface area (Å²) in [5.74, 6) is 0.949. The summed E-state index contributed by atoms with van der Waals surface area (Å²) in [7, 11) is 1.90. The van der Waals surface area contributed by atoms with Gasteiger partial charge in [-0.05, 0) is 23.9 Å². The van der Waals surface area contributed by atoms with Crippen molar-refractivity contribution < 1.29 is 0 Å². The summed E-state index contributed by atoms with van der Waals surface area (Å²) in [4.78, 5) is 4.91. The first-order valence-electron chi connectivity index (χ1n) is 5.91. The monoisotopic (exact) mass is 224 g/mol. The average molecular weight is 224 g/mol. The van der Waals surface area contributed by atoms with Crippen LogP contribution in [0.5, 0.6) is 0 Å². The van der Waals surface area contributed by atoms with Crippen LogP contribution in [0, 0.1) is 0 Å². The van der Waals surface area contributed by atoms with Crippen molar-refractivity contribution in [1.29, 1.82) is 0 Å². The number of nitrogens with zero attached hydrogens (tertiary/aromatic N) is 6. The van der Waals surface area contributed by atoms with Gasteiger partial charge in [0.2, 0.25) is 0 Å². The van der Waals surface area contributed by atoms with E-state index in [0.29, 0.717) is 6.04 Å². The number of hydrogen-bond acceptors (Lipinski definition) is 5. The Kier molecular flexibility index (Phi) is 3.50. The number of hydrogen-bond donors (Lipinski definition) is 0. The third-order valence-corrected chi connectivity index (χ3v) is 3.43. The van der Waals surface area contributed by atoms with Gasteiger partial charge in [0.25, 0.3) is 0 Å². The van der Waals surface area contributed by atoms with Crippen LogP contribution in [-0.2, 0) is 7.05 Å². The van der Waals surface area contributed by atoms with Crippen molar-refractivity contribution in [3.05, 3.63) is 5.82 Å². The minimum Gasteiger partial charge on any atom is -0.301 e. The van der Waals surface area contributed by atoms with Crippen LogP contribution in [0.2, 0.25) is 0 Å². The van der Waals surface area contributed by atoms with Crippen LogP contribution < -0.4 is 0 Å². The minimum atomic E-state index is 0.305. The maximum atomic E-state index is 4.08. The van der Waals surface area contributed by atoms with Crippen LogP contribution in [0.15, 0.2) is 0 Å². The zero-order valence-corrected chi connectivity index (χ0v) is 10.3. The van der Waals surface area contributed by atoms with Crippen LogP contribution in [0.3, 0.4) is 0 Å². The number of piperazine rings is 1. The summed E-state index contributed by atoms with van der Waals surface area (Å²) >= 11 is 0. The van der Waals surface area contributed by atoms with E-state index in [1.807, 2.05) is 7.05 Å². The predicted molar refractivity (Wildman–Crippen MR) is 60.9 cm³/mol. The number of aromatic nitrogens is 4. The zero-order chi connectivity index (χ0) is 11.5. The lowest BCUT2D eigenvalue weighted by Gasteiger charge is -2.36. The SMILES string of the molecule is CCN1CCN(C(C)c2nnnn2C)CC1. The van der Waals surface area contributed by atoms with E-state index in [1.165, 1.54) is 0 Å². The van der Waals surface area contributed by atoms with E-state index in [-0.39, 0.29) is 0 Å². The molecule has 1 aromatic rings. The van der Waals surface area contributed by atoms with Gasteiger partial charge in [0.1, 0.15) is 0 Å². The Balaban J connectivity index is 1.97. The zero-order valence-electron chi connectivity index (χ0n) is 10.3. The molecule has 2 rings (SSSR count). The molecule has 0 N–H and O–H groups in total. The molecule has 1 saturated heterocycles. The van der Waals surface area contributed by atoms with Crippen molar-refractivity contribution in [2.24, 2.45) is 7.05 Å². The molecule has 1 fully saturated rings. The maximum absolute atomic E-state index is 4.08. The Hall–Kier alpha value is -1.01. The van der Waals surface area contributed by atoms with E-state index >= 15 is 0 Å². The molecule has 0 spiro atoms. The summed E-state index contributed by atoms with van der Waals surface area (Å²) in [5.41, 5.74) is 0. The van der Waals surface area contributed by atoms with Gasteiger partial charge in [-0.3, -0.25) is 4.90 Å². The molecule has 1 atom stereocenters. The largest absolute Gasteiger partial charge is 0.301 e. The third-order valence-electron chi connectivity index (χ3n) is 3.43. The van der Waals surface area contributed by atoms with Crippen LogP contribution in [0.4, 0.5) is 0 Å². The van der Waals surface area contributed by atoms with E-state index in [9.17, 15) is 0 Å². The van der Waals surface area contributed by atoms with Gasteiger partial charge in [0.15, 0.2) is 5.82 Å². The van der Waals surface area contributed by atoms with Crippen LogP contribution in [-0.4, -0.2) is 62.7 Å². The van der Waals surface area contributed by atoms with Gasteiger partial charge in [-0.1, -0.05) is 6.92 Å². The Morgan fingerprint density at radius 1 is 1.25 bits per heavy atom. The molecular weight excluding hydrogens is 204 g/mol. The molecule has 2 heterocycles. The maximum Gasteiger partial charge on any atom is 0.167 e. The smallest absolute Gasteiger partial charge is 0.167 e. The normalized spacial score (nSPS) is 21.2. The number of tetrazole rings is 1. The fourth-order valence-electron chi connectivity index (χ4n) is 2.22.